The maximum Gasteiger partial charge on any atom is 0.191 e. The summed E-state index contributed by atoms with van der Waals surface area (Å²) in [7, 11) is 1.81. The first kappa shape index (κ1) is 19.7. The van der Waals surface area contributed by atoms with E-state index in [0.29, 0.717) is 0 Å². The number of guanidine groups is 1. The van der Waals surface area contributed by atoms with Crippen molar-refractivity contribution in [3.8, 4) is 0 Å². The number of aliphatic hydroxyl groups is 1. The van der Waals surface area contributed by atoms with Gasteiger partial charge in [-0.05, 0) is 30.4 Å². The number of piperidine rings is 1. The molecule has 5 nitrogen and oxygen atoms in total. The summed E-state index contributed by atoms with van der Waals surface area (Å²) in [6.07, 6.45) is 5.35. The van der Waals surface area contributed by atoms with Gasteiger partial charge in [-0.15, -0.1) is 0 Å². The Bertz CT molecular complexity index is 507. The van der Waals surface area contributed by atoms with Crippen LogP contribution in [0.5, 0.6) is 0 Å². The quantitative estimate of drug-likeness (QED) is 0.384. The van der Waals surface area contributed by atoms with Gasteiger partial charge in [0, 0.05) is 39.8 Å². The predicted molar refractivity (Wildman–Crippen MR) is 105 cm³/mol. The molecule has 0 amide bonds. The van der Waals surface area contributed by atoms with Gasteiger partial charge in [-0.2, -0.15) is 0 Å². The molecule has 0 aromatic heterocycles. The predicted octanol–water partition coefficient (Wildman–Crippen LogP) is 2.50. The third-order valence-electron chi connectivity index (χ3n) is 4.74. The summed E-state index contributed by atoms with van der Waals surface area (Å²) in [5.41, 5.74) is 2.59. The van der Waals surface area contributed by atoms with E-state index in [1.165, 1.54) is 30.4 Å². The number of hydrogen-bond donors (Lipinski definition) is 3. The number of rotatable bonds is 8. The monoisotopic (exact) mass is 346 g/mol. The molecule has 0 radical (unpaired) electrons. The highest BCUT2D eigenvalue weighted by Gasteiger charge is 2.16. The fourth-order valence-corrected chi connectivity index (χ4v) is 3.09. The van der Waals surface area contributed by atoms with Gasteiger partial charge in [0.1, 0.15) is 0 Å². The van der Waals surface area contributed by atoms with E-state index >= 15 is 0 Å². The highest BCUT2D eigenvalue weighted by atomic mass is 16.3. The van der Waals surface area contributed by atoms with Crippen LogP contribution in [0.15, 0.2) is 29.3 Å². The smallest absolute Gasteiger partial charge is 0.191 e. The van der Waals surface area contributed by atoms with Crippen molar-refractivity contribution < 1.29 is 5.11 Å². The number of hydrogen-bond acceptors (Lipinski definition) is 3. The number of unbranched alkanes of at least 4 members (excludes halogenated alkanes) is 2. The van der Waals surface area contributed by atoms with E-state index in [-0.39, 0.29) is 6.10 Å². The Hall–Kier alpha value is -1.59. The van der Waals surface area contributed by atoms with Crippen LogP contribution in [0, 0.1) is 0 Å². The van der Waals surface area contributed by atoms with Gasteiger partial charge in [0.25, 0.3) is 0 Å². The van der Waals surface area contributed by atoms with E-state index in [1.54, 1.807) is 0 Å². The molecule has 1 aliphatic rings. The zero-order chi connectivity index (χ0) is 17.9. The molecular weight excluding hydrogens is 312 g/mol. The standard InChI is InChI=1S/C20H34N4O/c1-3-4-5-12-22-20(21-2)23-15-17-6-8-18(9-7-17)16-24-13-10-19(25)11-14-24/h6-9,19,25H,3-5,10-16H2,1-2H3,(H2,21,22,23). The molecule has 2 rings (SSSR count). The molecule has 0 spiro atoms. The van der Waals surface area contributed by atoms with Crippen molar-refractivity contribution in [2.45, 2.75) is 58.2 Å². The van der Waals surface area contributed by atoms with E-state index in [0.717, 1.165) is 51.5 Å². The Morgan fingerprint density at radius 3 is 2.44 bits per heavy atom. The van der Waals surface area contributed by atoms with Gasteiger partial charge >= 0.3 is 0 Å². The molecule has 1 aromatic rings. The van der Waals surface area contributed by atoms with E-state index in [9.17, 15) is 5.11 Å². The number of benzene rings is 1. The maximum atomic E-state index is 9.59. The van der Waals surface area contributed by atoms with Gasteiger partial charge in [-0.25, -0.2) is 0 Å². The maximum absolute atomic E-state index is 9.59. The first-order valence-electron chi connectivity index (χ1n) is 9.64. The van der Waals surface area contributed by atoms with Gasteiger partial charge in [-0.1, -0.05) is 44.0 Å². The molecule has 3 N–H and O–H groups in total. The number of aliphatic imine (C=N–C) groups is 1. The van der Waals surface area contributed by atoms with Crippen molar-refractivity contribution in [1.29, 1.82) is 0 Å². The van der Waals surface area contributed by atoms with Crippen LogP contribution in [0.1, 0.15) is 50.2 Å². The lowest BCUT2D eigenvalue weighted by molar-refractivity contribution is 0.0792. The van der Waals surface area contributed by atoms with Gasteiger partial charge in [0.15, 0.2) is 5.96 Å². The lowest BCUT2D eigenvalue weighted by Gasteiger charge is -2.29. The Kier molecular flexibility index (Phi) is 8.77. The van der Waals surface area contributed by atoms with Gasteiger partial charge in [-0.3, -0.25) is 9.89 Å². The lowest BCUT2D eigenvalue weighted by Crippen LogP contribution is -2.37. The molecule has 0 atom stereocenters. The topological polar surface area (TPSA) is 59.9 Å². The normalized spacial score (nSPS) is 16.8. The summed E-state index contributed by atoms with van der Waals surface area (Å²) in [5, 5.41) is 16.3. The fraction of sp³-hybridized carbons (Fsp3) is 0.650. The average molecular weight is 347 g/mol. The van der Waals surface area contributed by atoms with Crippen LogP contribution in [-0.2, 0) is 13.1 Å². The van der Waals surface area contributed by atoms with E-state index < -0.39 is 0 Å². The fourth-order valence-electron chi connectivity index (χ4n) is 3.09. The van der Waals surface area contributed by atoms with Crippen LogP contribution >= 0.6 is 0 Å². The first-order valence-corrected chi connectivity index (χ1v) is 9.64. The molecular formula is C20H34N4O. The lowest BCUT2D eigenvalue weighted by atomic mass is 10.1. The molecule has 0 unspecified atom stereocenters. The van der Waals surface area contributed by atoms with Crippen molar-refractivity contribution in [1.82, 2.24) is 15.5 Å². The molecule has 0 bridgehead atoms. The minimum atomic E-state index is -0.102. The minimum Gasteiger partial charge on any atom is -0.393 e. The molecule has 0 aliphatic carbocycles. The number of aliphatic hydroxyl groups excluding tert-OH is 1. The number of nitrogens with one attached hydrogen (secondary N) is 2. The zero-order valence-corrected chi connectivity index (χ0v) is 15.8. The molecule has 1 fully saturated rings. The molecule has 0 saturated carbocycles. The van der Waals surface area contributed by atoms with Crippen molar-refractivity contribution >= 4 is 5.96 Å². The van der Waals surface area contributed by atoms with Crippen LogP contribution < -0.4 is 10.6 Å². The van der Waals surface area contributed by atoms with E-state index in [1.807, 2.05) is 7.05 Å². The molecule has 1 aliphatic heterocycles. The molecule has 5 heteroatoms. The summed E-state index contributed by atoms with van der Waals surface area (Å²) >= 11 is 0. The Morgan fingerprint density at radius 2 is 1.80 bits per heavy atom. The Morgan fingerprint density at radius 1 is 1.12 bits per heavy atom. The van der Waals surface area contributed by atoms with Crippen molar-refractivity contribution in [3.05, 3.63) is 35.4 Å². The van der Waals surface area contributed by atoms with Crippen LogP contribution in [-0.4, -0.2) is 48.8 Å². The van der Waals surface area contributed by atoms with Crippen molar-refractivity contribution in [2.75, 3.05) is 26.7 Å². The summed E-state index contributed by atoms with van der Waals surface area (Å²) in [4.78, 5) is 6.69. The number of likely N-dealkylation sites (tertiary alicyclic amines) is 1. The van der Waals surface area contributed by atoms with Gasteiger partial charge < -0.3 is 15.7 Å². The second-order valence-corrected chi connectivity index (χ2v) is 6.88. The van der Waals surface area contributed by atoms with Crippen molar-refractivity contribution in [3.63, 3.8) is 0 Å². The first-order chi connectivity index (χ1) is 12.2. The largest absolute Gasteiger partial charge is 0.393 e. The van der Waals surface area contributed by atoms with Crippen molar-refractivity contribution in [2.24, 2.45) is 4.99 Å². The second kappa shape index (κ2) is 11.1. The summed E-state index contributed by atoms with van der Waals surface area (Å²) in [6.45, 7) is 6.92. The van der Waals surface area contributed by atoms with E-state index in [4.69, 9.17) is 0 Å². The highest BCUT2D eigenvalue weighted by Crippen LogP contribution is 2.14. The zero-order valence-electron chi connectivity index (χ0n) is 15.8. The van der Waals surface area contributed by atoms with Crippen LogP contribution in [0.4, 0.5) is 0 Å². The van der Waals surface area contributed by atoms with E-state index in [2.05, 4.69) is 51.7 Å². The Balaban J connectivity index is 1.72. The summed E-state index contributed by atoms with van der Waals surface area (Å²) in [5.74, 6) is 0.868. The average Bonchev–Trinajstić information content (AvgIpc) is 2.64. The number of nitrogens with zero attached hydrogens (tertiary/aromatic N) is 2. The SMILES string of the molecule is CCCCCNC(=NC)NCc1ccc(CN2CCC(O)CC2)cc1. The molecule has 1 saturated heterocycles. The summed E-state index contributed by atoms with van der Waals surface area (Å²) < 4.78 is 0. The summed E-state index contributed by atoms with van der Waals surface area (Å²) in [6, 6.07) is 8.79. The molecule has 140 valence electrons. The third-order valence-corrected chi connectivity index (χ3v) is 4.74. The second-order valence-electron chi connectivity index (χ2n) is 6.88. The van der Waals surface area contributed by atoms with Crippen LogP contribution in [0.25, 0.3) is 0 Å². The van der Waals surface area contributed by atoms with Gasteiger partial charge in [0.05, 0.1) is 6.10 Å². The van der Waals surface area contributed by atoms with Crippen LogP contribution in [0.3, 0.4) is 0 Å². The minimum absolute atomic E-state index is 0.102. The molecule has 1 heterocycles. The van der Waals surface area contributed by atoms with Crippen LogP contribution in [0.2, 0.25) is 0 Å². The Labute approximate surface area is 152 Å². The van der Waals surface area contributed by atoms with Gasteiger partial charge in [0.2, 0.25) is 0 Å². The third kappa shape index (κ3) is 7.45. The highest BCUT2D eigenvalue weighted by molar-refractivity contribution is 5.79. The molecule has 25 heavy (non-hydrogen) atoms. The molecule has 1 aromatic carbocycles.